The highest BCUT2D eigenvalue weighted by atomic mass is 32.1. The highest BCUT2D eigenvalue weighted by molar-refractivity contribution is 7.16. The molecule has 0 saturated heterocycles. The Morgan fingerprint density at radius 2 is 1.83 bits per heavy atom. The van der Waals surface area contributed by atoms with Gasteiger partial charge < -0.3 is 16.2 Å². The molecule has 1 unspecified atom stereocenters. The number of nitrogens with two attached hydrogens (primary N) is 1. The van der Waals surface area contributed by atoms with E-state index in [1.807, 2.05) is 56.3 Å². The maximum Gasteiger partial charge on any atom is 0.260 e. The second-order valence-electron chi connectivity index (χ2n) is 10.5. The zero-order chi connectivity index (χ0) is 29.5. The molecule has 3 amide bonds. The third-order valence-corrected chi connectivity index (χ3v) is 7.59. The van der Waals surface area contributed by atoms with Crippen molar-refractivity contribution in [1.29, 1.82) is 0 Å². The fourth-order valence-electron chi connectivity index (χ4n) is 4.58. The molecular weight excluding hydrogens is 538 g/mol. The molecule has 0 aliphatic carbocycles. The molecule has 41 heavy (non-hydrogen) atoms. The molecule has 4 N–H and O–H groups in total. The van der Waals surface area contributed by atoms with Crippen molar-refractivity contribution in [2.24, 2.45) is 11.7 Å². The fraction of sp³-hybridized carbons (Fsp3) is 0.323. The quantitative estimate of drug-likeness (QED) is 0.248. The summed E-state index contributed by atoms with van der Waals surface area (Å²) in [6, 6.07) is 16.3. The van der Waals surface area contributed by atoms with Crippen molar-refractivity contribution in [2.75, 3.05) is 6.54 Å². The smallest absolute Gasteiger partial charge is 0.260 e. The van der Waals surface area contributed by atoms with E-state index in [0.29, 0.717) is 12.0 Å². The molecule has 2 aromatic heterocycles. The number of imide groups is 1. The number of aromatic nitrogens is 2. The molecule has 2 aromatic carbocycles. The van der Waals surface area contributed by atoms with Gasteiger partial charge in [-0.15, -0.1) is 11.3 Å². The maximum atomic E-state index is 13.6. The first-order valence-electron chi connectivity index (χ1n) is 13.6. The van der Waals surface area contributed by atoms with Crippen LogP contribution in [-0.4, -0.2) is 62.4 Å². The van der Waals surface area contributed by atoms with Gasteiger partial charge in [0.1, 0.15) is 0 Å². The minimum absolute atomic E-state index is 0.0947. The van der Waals surface area contributed by atoms with E-state index >= 15 is 0 Å². The van der Waals surface area contributed by atoms with Gasteiger partial charge in [-0.05, 0) is 61.2 Å². The summed E-state index contributed by atoms with van der Waals surface area (Å²) in [4.78, 5) is 49.5. The predicted molar refractivity (Wildman–Crippen MR) is 160 cm³/mol. The minimum atomic E-state index is -1.22. The topological polar surface area (TPSA) is 139 Å². The summed E-state index contributed by atoms with van der Waals surface area (Å²) in [5, 5.41) is 13.8. The molecule has 2 heterocycles. The average molecular weight is 574 g/mol. The van der Waals surface area contributed by atoms with Crippen LogP contribution in [0.15, 0.2) is 72.4 Å². The second kappa shape index (κ2) is 13.6. The minimum Gasteiger partial charge on any atom is -0.389 e. The van der Waals surface area contributed by atoms with E-state index in [0.717, 1.165) is 31.9 Å². The summed E-state index contributed by atoms with van der Waals surface area (Å²) < 4.78 is 0.808. The van der Waals surface area contributed by atoms with Gasteiger partial charge in [-0.2, -0.15) is 0 Å². The van der Waals surface area contributed by atoms with Crippen LogP contribution in [0.25, 0.3) is 21.5 Å². The van der Waals surface area contributed by atoms with E-state index in [1.54, 1.807) is 36.8 Å². The Labute approximate surface area is 243 Å². The van der Waals surface area contributed by atoms with Crippen LogP contribution in [0.4, 0.5) is 0 Å². The molecule has 0 aliphatic rings. The van der Waals surface area contributed by atoms with Crippen LogP contribution in [0, 0.1) is 5.92 Å². The normalized spacial score (nSPS) is 13.5. The number of carbonyl (C=O) groups is 3. The first-order chi connectivity index (χ1) is 19.6. The highest BCUT2D eigenvalue weighted by Gasteiger charge is 2.35. The molecule has 0 saturated carbocycles. The highest BCUT2D eigenvalue weighted by Crippen LogP contribution is 2.22. The molecular formula is C31H35N5O4S. The van der Waals surface area contributed by atoms with Crippen molar-refractivity contribution in [1.82, 2.24) is 20.2 Å². The number of rotatable bonds is 11. The van der Waals surface area contributed by atoms with E-state index in [-0.39, 0.29) is 24.8 Å². The SMILES string of the molecule is CC(C)C[C@H](N)C(=O)N(C(=O)c1ccc2ncsc2c1)[C@@H](C)C(O)CNC(=O)Cc1cccc(-c2ccccn2)c1. The first-order valence-corrected chi connectivity index (χ1v) is 14.4. The van der Waals surface area contributed by atoms with Crippen molar-refractivity contribution in [3.05, 3.63) is 83.5 Å². The molecule has 214 valence electrons. The monoisotopic (exact) mass is 573 g/mol. The van der Waals surface area contributed by atoms with Crippen LogP contribution < -0.4 is 11.1 Å². The summed E-state index contributed by atoms with van der Waals surface area (Å²) in [5.74, 6) is -1.30. The van der Waals surface area contributed by atoms with Gasteiger partial charge in [-0.1, -0.05) is 38.1 Å². The number of benzene rings is 2. The molecule has 9 nitrogen and oxygen atoms in total. The fourth-order valence-corrected chi connectivity index (χ4v) is 5.30. The van der Waals surface area contributed by atoms with Gasteiger partial charge in [0, 0.05) is 23.9 Å². The van der Waals surface area contributed by atoms with Crippen molar-refractivity contribution in [3.8, 4) is 11.3 Å². The predicted octanol–water partition coefficient (Wildman–Crippen LogP) is 3.81. The number of fused-ring (bicyclic) bond motifs is 1. The van der Waals surface area contributed by atoms with Crippen molar-refractivity contribution in [3.63, 3.8) is 0 Å². The average Bonchev–Trinajstić information content (AvgIpc) is 3.44. The molecule has 0 bridgehead atoms. The van der Waals surface area contributed by atoms with Crippen LogP contribution in [0.5, 0.6) is 0 Å². The lowest BCUT2D eigenvalue weighted by Crippen LogP contribution is -2.56. The van der Waals surface area contributed by atoms with E-state index in [2.05, 4.69) is 15.3 Å². The van der Waals surface area contributed by atoms with Gasteiger partial charge in [0.15, 0.2) is 0 Å². The molecule has 4 rings (SSSR count). The lowest BCUT2D eigenvalue weighted by Gasteiger charge is -2.33. The zero-order valence-corrected chi connectivity index (χ0v) is 24.2. The summed E-state index contributed by atoms with van der Waals surface area (Å²) >= 11 is 1.39. The van der Waals surface area contributed by atoms with E-state index in [9.17, 15) is 19.5 Å². The van der Waals surface area contributed by atoms with Gasteiger partial charge in [0.05, 0.1) is 46.0 Å². The van der Waals surface area contributed by atoms with Gasteiger partial charge >= 0.3 is 0 Å². The molecule has 0 fully saturated rings. The molecule has 4 aromatic rings. The number of nitrogens with one attached hydrogen (secondary N) is 1. The largest absolute Gasteiger partial charge is 0.389 e. The second-order valence-corrected chi connectivity index (χ2v) is 11.4. The first kappa shape index (κ1) is 30.0. The van der Waals surface area contributed by atoms with Crippen LogP contribution in [0.1, 0.15) is 43.1 Å². The van der Waals surface area contributed by atoms with Crippen molar-refractivity contribution < 1.29 is 19.5 Å². The summed E-state index contributed by atoms with van der Waals surface area (Å²) in [7, 11) is 0. The van der Waals surface area contributed by atoms with E-state index < -0.39 is 30.0 Å². The molecule has 3 atom stereocenters. The third-order valence-electron chi connectivity index (χ3n) is 6.80. The molecule has 0 aliphatic heterocycles. The number of hydrogen-bond acceptors (Lipinski definition) is 8. The Balaban J connectivity index is 1.45. The number of carbonyl (C=O) groups excluding carboxylic acids is 3. The number of aliphatic hydroxyl groups excluding tert-OH is 1. The number of amides is 3. The van der Waals surface area contributed by atoms with E-state index in [1.165, 1.54) is 11.3 Å². The van der Waals surface area contributed by atoms with Gasteiger partial charge in [0.25, 0.3) is 5.91 Å². The number of nitrogens with zero attached hydrogens (tertiary/aromatic N) is 3. The number of thiazole rings is 1. The van der Waals surface area contributed by atoms with Gasteiger partial charge in [0.2, 0.25) is 11.8 Å². The summed E-state index contributed by atoms with van der Waals surface area (Å²) in [5.41, 5.74) is 11.4. The lowest BCUT2D eigenvalue weighted by atomic mass is 10.0. The standard InChI is InChI=1S/C31H35N5O4S/c1-19(2)13-24(32)31(40)36(30(39)23-10-11-26-28(16-23)41-18-35-26)20(3)27(37)17-34-29(38)15-21-7-6-8-22(14-21)25-9-4-5-12-33-25/h4-12,14,16,18-20,24,27,37H,13,15,17,32H2,1-3H3,(H,34,38)/t20-,24-,27?/m0/s1. The summed E-state index contributed by atoms with van der Waals surface area (Å²) in [6.45, 7) is 5.31. The lowest BCUT2D eigenvalue weighted by molar-refractivity contribution is -0.133. The number of aliphatic hydroxyl groups is 1. The Morgan fingerprint density at radius 3 is 2.56 bits per heavy atom. The Hall–Kier alpha value is -3.99. The molecule has 0 spiro atoms. The van der Waals surface area contributed by atoms with Crippen LogP contribution in [-0.2, 0) is 16.0 Å². The van der Waals surface area contributed by atoms with Crippen LogP contribution in [0.3, 0.4) is 0 Å². The Kier molecular flexibility index (Phi) is 9.93. The van der Waals surface area contributed by atoms with Crippen molar-refractivity contribution >= 4 is 39.3 Å². The molecule has 10 heteroatoms. The zero-order valence-electron chi connectivity index (χ0n) is 23.4. The Bertz CT molecular complexity index is 1510. The third kappa shape index (κ3) is 7.60. The molecule has 0 radical (unpaired) electrons. The number of pyridine rings is 1. The number of hydrogen-bond donors (Lipinski definition) is 3. The van der Waals surface area contributed by atoms with Crippen molar-refractivity contribution in [2.45, 2.75) is 51.8 Å². The Morgan fingerprint density at radius 1 is 1.02 bits per heavy atom. The maximum absolute atomic E-state index is 13.6. The van der Waals surface area contributed by atoms with Gasteiger partial charge in [-0.3, -0.25) is 24.3 Å². The van der Waals surface area contributed by atoms with Gasteiger partial charge in [-0.25, -0.2) is 4.98 Å². The van der Waals surface area contributed by atoms with E-state index in [4.69, 9.17) is 5.73 Å². The van der Waals surface area contributed by atoms with Crippen LogP contribution in [0.2, 0.25) is 0 Å². The van der Waals surface area contributed by atoms with Crippen LogP contribution >= 0.6 is 11.3 Å². The summed E-state index contributed by atoms with van der Waals surface area (Å²) in [6.07, 6.45) is 0.972.